The van der Waals surface area contributed by atoms with Crippen LogP contribution in [0.5, 0.6) is 0 Å². The number of rotatable bonds is 1. The van der Waals surface area contributed by atoms with E-state index in [4.69, 9.17) is 10.8 Å². The predicted octanol–water partition coefficient (Wildman–Crippen LogP) is -1.41. The second kappa shape index (κ2) is 2.46. The van der Waals surface area contributed by atoms with Crippen molar-refractivity contribution in [2.24, 2.45) is 5.73 Å². The molecule has 1 aliphatic heterocycles. The maximum absolute atomic E-state index is 11.0. The van der Waals surface area contributed by atoms with E-state index in [0.717, 1.165) is 0 Å². The van der Waals surface area contributed by atoms with Gasteiger partial charge in [-0.3, -0.25) is 4.79 Å². The van der Waals surface area contributed by atoms with Crippen LogP contribution in [-0.4, -0.2) is 36.5 Å². The van der Waals surface area contributed by atoms with Gasteiger partial charge in [0.1, 0.15) is 0 Å². The molecule has 1 fully saturated rings. The van der Waals surface area contributed by atoms with Gasteiger partial charge >= 0.3 is 5.97 Å². The zero-order chi connectivity index (χ0) is 8.65. The van der Waals surface area contributed by atoms with Gasteiger partial charge in [-0.15, -0.1) is 0 Å². The maximum atomic E-state index is 11.0. The molecule has 1 saturated heterocycles. The Morgan fingerprint density at radius 1 is 1.55 bits per heavy atom. The second-order valence-corrected chi connectivity index (χ2v) is 4.82. The largest absolute Gasteiger partial charge is 0.480 e. The highest BCUT2D eigenvalue weighted by molar-refractivity contribution is 7.93. The van der Waals surface area contributed by atoms with E-state index in [0.29, 0.717) is 0 Å². The first-order valence-electron chi connectivity index (χ1n) is 3.15. The predicted molar refractivity (Wildman–Crippen MR) is 37.8 cm³/mol. The number of carbonyl (C=O) groups is 1. The molecule has 0 amide bonds. The third kappa shape index (κ3) is 1.36. The highest BCUT2D eigenvalue weighted by Crippen LogP contribution is 2.18. The molecule has 2 atom stereocenters. The van der Waals surface area contributed by atoms with E-state index in [1.165, 1.54) is 0 Å². The van der Waals surface area contributed by atoms with Crippen LogP contribution >= 0.6 is 0 Å². The Morgan fingerprint density at radius 2 is 2.09 bits per heavy atom. The SMILES string of the molecule is NC1CCS(=O)(=O)C1C(=O)O. The van der Waals surface area contributed by atoms with Gasteiger partial charge in [0.15, 0.2) is 15.1 Å². The van der Waals surface area contributed by atoms with Crippen molar-refractivity contribution < 1.29 is 18.3 Å². The van der Waals surface area contributed by atoms with Crippen molar-refractivity contribution in [1.29, 1.82) is 0 Å². The number of hydrogen-bond acceptors (Lipinski definition) is 4. The highest BCUT2D eigenvalue weighted by atomic mass is 32.2. The van der Waals surface area contributed by atoms with Crippen molar-refractivity contribution in [2.45, 2.75) is 17.7 Å². The molecule has 0 aromatic heterocycles. The molecule has 0 aromatic rings. The second-order valence-electron chi connectivity index (χ2n) is 2.58. The molecular weight excluding hydrogens is 170 g/mol. The van der Waals surface area contributed by atoms with Crippen LogP contribution in [0, 0.1) is 0 Å². The third-order valence-corrected chi connectivity index (χ3v) is 3.88. The minimum atomic E-state index is -3.46. The molecule has 11 heavy (non-hydrogen) atoms. The van der Waals surface area contributed by atoms with E-state index in [1.54, 1.807) is 0 Å². The topological polar surface area (TPSA) is 97.5 Å². The van der Waals surface area contributed by atoms with Gasteiger partial charge in [0.2, 0.25) is 0 Å². The normalized spacial score (nSPS) is 35.4. The Labute approximate surface area is 64.1 Å². The van der Waals surface area contributed by atoms with Crippen LogP contribution in [0.4, 0.5) is 0 Å². The molecule has 0 bridgehead atoms. The van der Waals surface area contributed by atoms with Crippen molar-refractivity contribution in [1.82, 2.24) is 0 Å². The first-order valence-corrected chi connectivity index (χ1v) is 4.86. The summed E-state index contributed by atoms with van der Waals surface area (Å²) in [5, 5.41) is 7.07. The smallest absolute Gasteiger partial charge is 0.323 e. The molecule has 1 rings (SSSR count). The van der Waals surface area contributed by atoms with E-state index < -0.39 is 27.1 Å². The Hall–Kier alpha value is -0.620. The molecule has 5 nitrogen and oxygen atoms in total. The van der Waals surface area contributed by atoms with E-state index in [1.807, 2.05) is 0 Å². The van der Waals surface area contributed by atoms with Crippen molar-refractivity contribution in [3.05, 3.63) is 0 Å². The molecule has 0 saturated carbocycles. The van der Waals surface area contributed by atoms with E-state index in [2.05, 4.69) is 0 Å². The van der Waals surface area contributed by atoms with E-state index in [-0.39, 0.29) is 12.2 Å². The average Bonchev–Trinajstić information content (AvgIpc) is 2.06. The monoisotopic (exact) mass is 179 g/mol. The standard InChI is InChI=1S/C5H9NO4S/c6-3-1-2-11(9,10)4(3)5(7)8/h3-4H,1-2,6H2,(H,7,8). The lowest BCUT2D eigenvalue weighted by molar-refractivity contribution is -0.136. The lowest BCUT2D eigenvalue weighted by atomic mass is 10.2. The summed E-state index contributed by atoms with van der Waals surface area (Å²) in [6, 6.07) is -0.738. The Bertz CT molecular complexity index is 270. The zero-order valence-corrected chi connectivity index (χ0v) is 6.54. The molecule has 1 heterocycles. The van der Waals surface area contributed by atoms with Crippen molar-refractivity contribution in [3.63, 3.8) is 0 Å². The van der Waals surface area contributed by atoms with Crippen molar-refractivity contribution in [2.75, 3.05) is 5.75 Å². The van der Waals surface area contributed by atoms with Crippen LogP contribution < -0.4 is 5.73 Å². The van der Waals surface area contributed by atoms with Crippen molar-refractivity contribution in [3.8, 4) is 0 Å². The third-order valence-electron chi connectivity index (χ3n) is 1.75. The summed E-state index contributed by atoms with van der Waals surface area (Å²) in [6.07, 6.45) is 0.249. The molecule has 0 radical (unpaired) electrons. The molecule has 0 aliphatic carbocycles. The number of sulfone groups is 1. The van der Waals surface area contributed by atoms with Gasteiger partial charge in [-0.25, -0.2) is 8.42 Å². The highest BCUT2D eigenvalue weighted by Gasteiger charge is 2.43. The van der Waals surface area contributed by atoms with Gasteiger partial charge in [0.25, 0.3) is 0 Å². The zero-order valence-electron chi connectivity index (χ0n) is 5.73. The summed E-state index contributed by atoms with van der Waals surface area (Å²) < 4.78 is 21.9. The summed E-state index contributed by atoms with van der Waals surface area (Å²) >= 11 is 0. The van der Waals surface area contributed by atoms with Gasteiger partial charge < -0.3 is 10.8 Å². The molecule has 2 unspecified atom stereocenters. The van der Waals surface area contributed by atoms with Crippen LogP contribution in [0.1, 0.15) is 6.42 Å². The number of hydrogen-bond donors (Lipinski definition) is 2. The summed E-state index contributed by atoms with van der Waals surface area (Å²) in [5.74, 6) is -1.44. The van der Waals surface area contributed by atoms with E-state index in [9.17, 15) is 13.2 Å². The van der Waals surface area contributed by atoms with Gasteiger partial charge in [-0.1, -0.05) is 0 Å². The fourth-order valence-corrected chi connectivity index (χ4v) is 3.01. The van der Waals surface area contributed by atoms with Crippen LogP contribution in [0.25, 0.3) is 0 Å². The fourth-order valence-electron chi connectivity index (χ4n) is 1.18. The molecule has 3 N–H and O–H groups in total. The number of carboxylic acids is 1. The van der Waals surface area contributed by atoms with Crippen molar-refractivity contribution >= 4 is 15.8 Å². The molecule has 0 aromatic carbocycles. The fraction of sp³-hybridized carbons (Fsp3) is 0.800. The Balaban J connectivity index is 2.99. The van der Waals surface area contributed by atoms with E-state index >= 15 is 0 Å². The Kier molecular flexibility index (Phi) is 1.89. The Morgan fingerprint density at radius 3 is 2.27 bits per heavy atom. The molecule has 0 spiro atoms. The minimum Gasteiger partial charge on any atom is -0.480 e. The lowest BCUT2D eigenvalue weighted by Crippen LogP contribution is -2.39. The van der Waals surface area contributed by atoms with Gasteiger partial charge in [-0.05, 0) is 6.42 Å². The maximum Gasteiger partial charge on any atom is 0.323 e. The summed E-state index contributed by atoms with van der Waals surface area (Å²) in [6.45, 7) is 0. The van der Waals surface area contributed by atoms with Crippen LogP contribution in [0.15, 0.2) is 0 Å². The number of nitrogens with two attached hydrogens (primary N) is 1. The first-order chi connectivity index (χ1) is 4.95. The molecule has 6 heteroatoms. The summed E-state index contributed by atoms with van der Waals surface area (Å²) in [7, 11) is -3.46. The summed E-state index contributed by atoms with van der Waals surface area (Å²) in [5.41, 5.74) is 5.30. The molecular formula is C5H9NO4S. The van der Waals surface area contributed by atoms with Crippen LogP contribution in [0.2, 0.25) is 0 Å². The first kappa shape index (κ1) is 8.48. The van der Waals surface area contributed by atoms with Gasteiger partial charge in [0, 0.05) is 6.04 Å². The minimum absolute atomic E-state index is 0.106. The van der Waals surface area contributed by atoms with Gasteiger partial charge in [0.05, 0.1) is 5.75 Å². The lowest BCUT2D eigenvalue weighted by Gasteiger charge is -2.07. The van der Waals surface area contributed by atoms with Crippen LogP contribution in [0.3, 0.4) is 0 Å². The quantitative estimate of drug-likeness (QED) is 0.515. The average molecular weight is 179 g/mol. The molecule has 1 aliphatic rings. The number of aliphatic carboxylic acids is 1. The molecule has 64 valence electrons. The van der Waals surface area contributed by atoms with Gasteiger partial charge in [-0.2, -0.15) is 0 Å². The summed E-state index contributed by atoms with van der Waals surface area (Å²) in [4.78, 5) is 10.4. The van der Waals surface area contributed by atoms with Crippen LogP contribution in [-0.2, 0) is 14.6 Å². The number of carboxylic acid groups (broad SMARTS) is 1.